The lowest BCUT2D eigenvalue weighted by Gasteiger charge is -2.23. The molecule has 108 valence electrons. The van der Waals surface area contributed by atoms with Crippen LogP contribution in [0, 0.1) is 0 Å². The molecule has 2 fully saturated rings. The number of nitrogens with zero attached hydrogens (tertiary/aromatic N) is 3. The molecule has 0 radical (unpaired) electrons. The van der Waals surface area contributed by atoms with E-state index in [2.05, 4.69) is 0 Å². The molecule has 2 aliphatic heterocycles. The Morgan fingerprint density at radius 1 is 1.25 bits per heavy atom. The summed E-state index contributed by atoms with van der Waals surface area (Å²) < 4.78 is 0. The number of carbonyl (C=O) groups is 5. The first-order valence-corrected chi connectivity index (χ1v) is 6.00. The van der Waals surface area contributed by atoms with Crippen LogP contribution in [0.3, 0.4) is 0 Å². The molecule has 1 atom stereocenters. The van der Waals surface area contributed by atoms with Crippen molar-refractivity contribution < 1.29 is 29.1 Å². The average molecular weight is 283 g/mol. The summed E-state index contributed by atoms with van der Waals surface area (Å²) in [6.07, 6.45) is 0.880. The molecule has 2 saturated heterocycles. The average Bonchev–Trinajstić information content (AvgIpc) is 2.96. The second-order valence-electron chi connectivity index (χ2n) is 4.62. The first-order valence-electron chi connectivity index (χ1n) is 6.00. The fourth-order valence-electron chi connectivity index (χ4n) is 2.30. The Labute approximate surface area is 113 Å². The number of hydrogen-bond donors (Lipinski definition) is 1. The smallest absolute Gasteiger partial charge is 0.334 e. The van der Waals surface area contributed by atoms with Crippen molar-refractivity contribution in [3.8, 4) is 0 Å². The van der Waals surface area contributed by atoms with Gasteiger partial charge in [0, 0.05) is 13.6 Å². The highest BCUT2D eigenvalue weighted by molar-refractivity contribution is 6.44. The summed E-state index contributed by atoms with van der Waals surface area (Å²) in [7, 11) is 1.14. The largest absolute Gasteiger partial charge is 0.480 e. The fourth-order valence-corrected chi connectivity index (χ4v) is 2.30. The number of urea groups is 1. The highest BCUT2D eigenvalue weighted by Crippen LogP contribution is 2.19. The zero-order valence-corrected chi connectivity index (χ0v) is 10.7. The van der Waals surface area contributed by atoms with Crippen molar-refractivity contribution in [3.05, 3.63) is 0 Å². The van der Waals surface area contributed by atoms with E-state index in [9.17, 15) is 24.0 Å². The van der Waals surface area contributed by atoms with Gasteiger partial charge in [-0.1, -0.05) is 0 Å². The van der Waals surface area contributed by atoms with Crippen molar-refractivity contribution >= 4 is 29.7 Å². The van der Waals surface area contributed by atoms with Crippen LogP contribution >= 0.6 is 0 Å². The molecule has 0 aliphatic carbocycles. The number of likely N-dealkylation sites (tertiary alicyclic amines) is 1. The molecule has 0 aromatic rings. The Balaban J connectivity index is 2.09. The van der Waals surface area contributed by atoms with Gasteiger partial charge in [0.15, 0.2) is 0 Å². The third-order valence-electron chi connectivity index (χ3n) is 3.40. The maximum Gasteiger partial charge on any atom is 0.334 e. The van der Waals surface area contributed by atoms with Crippen molar-refractivity contribution in [1.29, 1.82) is 0 Å². The standard InChI is InChI=1S/C11H13N3O6/c1-12-8(16)9(17)14(11(12)20)5-7(15)13-4-2-3-6(13)10(18)19/h6H,2-5H2,1H3,(H,18,19)/t6-/m0/s1. The van der Waals surface area contributed by atoms with Crippen molar-refractivity contribution in [2.45, 2.75) is 18.9 Å². The third kappa shape index (κ3) is 2.10. The highest BCUT2D eigenvalue weighted by Gasteiger charge is 2.44. The molecule has 0 spiro atoms. The van der Waals surface area contributed by atoms with Gasteiger partial charge < -0.3 is 10.0 Å². The minimum absolute atomic E-state index is 0.260. The van der Waals surface area contributed by atoms with Crippen LogP contribution in [-0.2, 0) is 19.2 Å². The van der Waals surface area contributed by atoms with Gasteiger partial charge >= 0.3 is 23.8 Å². The van der Waals surface area contributed by atoms with E-state index < -0.39 is 42.3 Å². The first kappa shape index (κ1) is 14.0. The molecular weight excluding hydrogens is 270 g/mol. The van der Waals surface area contributed by atoms with Gasteiger partial charge in [-0.05, 0) is 12.8 Å². The third-order valence-corrected chi connectivity index (χ3v) is 3.40. The van der Waals surface area contributed by atoms with E-state index in [-0.39, 0.29) is 6.54 Å². The van der Waals surface area contributed by atoms with Crippen LogP contribution in [-0.4, -0.2) is 75.7 Å². The number of rotatable bonds is 3. The van der Waals surface area contributed by atoms with Gasteiger partial charge in [-0.2, -0.15) is 0 Å². The van der Waals surface area contributed by atoms with Crippen molar-refractivity contribution in [2.75, 3.05) is 20.1 Å². The predicted molar refractivity (Wildman–Crippen MR) is 62.2 cm³/mol. The molecule has 0 unspecified atom stereocenters. The molecule has 20 heavy (non-hydrogen) atoms. The van der Waals surface area contributed by atoms with Crippen LogP contribution in [0.2, 0.25) is 0 Å². The Bertz CT molecular complexity index is 516. The number of carboxylic acid groups (broad SMARTS) is 1. The van der Waals surface area contributed by atoms with Crippen LogP contribution < -0.4 is 0 Å². The summed E-state index contributed by atoms with van der Waals surface area (Å²) in [4.78, 5) is 59.7. The predicted octanol–water partition coefficient (Wildman–Crippen LogP) is -1.52. The fraction of sp³-hybridized carbons (Fsp3) is 0.545. The van der Waals surface area contributed by atoms with Crippen molar-refractivity contribution in [3.63, 3.8) is 0 Å². The highest BCUT2D eigenvalue weighted by atomic mass is 16.4. The topological polar surface area (TPSA) is 115 Å². The molecule has 1 N–H and O–H groups in total. The number of aliphatic carboxylic acids is 1. The van der Waals surface area contributed by atoms with E-state index in [1.807, 2.05) is 0 Å². The molecule has 9 heteroatoms. The van der Waals surface area contributed by atoms with E-state index in [1.54, 1.807) is 0 Å². The van der Waals surface area contributed by atoms with Gasteiger partial charge in [0.05, 0.1) is 0 Å². The zero-order chi connectivity index (χ0) is 15.0. The molecule has 5 amide bonds. The van der Waals surface area contributed by atoms with Gasteiger partial charge in [0.25, 0.3) is 0 Å². The van der Waals surface area contributed by atoms with E-state index in [0.717, 1.165) is 11.9 Å². The first-order chi connectivity index (χ1) is 9.34. The number of likely N-dealkylation sites (N-methyl/N-ethyl adjacent to an activating group) is 1. The van der Waals surface area contributed by atoms with Crippen LogP contribution in [0.4, 0.5) is 4.79 Å². The minimum atomic E-state index is -1.12. The summed E-state index contributed by atoms with van der Waals surface area (Å²) >= 11 is 0. The lowest BCUT2D eigenvalue weighted by molar-refractivity contribution is -0.149. The molecule has 9 nitrogen and oxygen atoms in total. The molecule has 2 heterocycles. The number of hydrogen-bond acceptors (Lipinski definition) is 5. The lowest BCUT2D eigenvalue weighted by atomic mass is 10.2. The summed E-state index contributed by atoms with van der Waals surface area (Å²) in [5, 5.41) is 8.98. The van der Waals surface area contributed by atoms with E-state index in [1.165, 1.54) is 0 Å². The van der Waals surface area contributed by atoms with E-state index in [0.29, 0.717) is 22.6 Å². The molecule has 2 aliphatic rings. The Morgan fingerprint density at radius 2 is 1.90 bits per heavy atom. The number of imide groups is 2. The lowest BCUT2D eigenvalue weighted by Crippen LogP contribution is -2.47. The van der Waals surface area contributed by atoms with Crippen LogP contribution in [0.15, 0.2) is 0 Å². The van der Waals surface area contributed by atoms with Crippen LogP contribution in [0.25, 0.3) is 0 Å². The van der Waals surface area contributed by atoms with Crippen LogP contribution in [0.5, 0.6) is 0 Å². The maximum atomic E-state index is 12.0. The maximum absolute atomic E-state index is 12.0. The summed E-state index contributed by atoms with van der Waals surface area (Å²) in [5.41, 5.74) is 0. The molecule has 0 aromatic carbocycles. The van der Waals surface area contributed by atoms with Crippen LogP contribution in [0.1, 0.15) is 12.8 Å². The quantitative estimate of drug-likeness (QED) is 0.497. The monoisotopic (exact) mass is 283 g/mol. The van der Waals surface area contributed by atoms with E-state index in [4.69, 9.17) is 5.11 Å². The Kier molecular flexibility index (Phi) is 3.43. The summed E-state index contributed by atoms with van der Waals surface area (Å²) in [5.74, 6) is -3.85. The molecular formula is C11H13N3O6. The minimum Gasteiger partial charge on any atom is -0.480 e. The van der Waals surface area contributed by atoms with Crippen molar-refractivity contribution in [1.82, 2.24) is 14.7 Å². The van der Waals surface area contributed by atoms with Gasteiger partial charge in [-0.15, -0.1) is 0 Å². The van der Waals surface area contributed by atoms with Crippen molar-refractivity contribution in [2.24, 2.45) is 0 Å². The number of carbonyl (C=O) groups excluding carboxylic acids is 4. The summed E-state index contributed by atoms with van der Waals surface area (Å²) in [6.45, 7) is -0.354. The molecule has 0 saturated carbocycles. The van der Waals surface area contributed by atoms with E-state index >= 15 is 0 Å². The molecule has 0 bridgehead atoms. The SMILES string of the molecule is CN1C(=O)C(=O)N(CC(=O)N2CCC[C@H]2C(=O)O)C1=O. The zero-order valence-electron chi connectivity index (χ0n) is 10.7. The molecule has 2 rings (SSSR count). The second kappa shape index (κ2) is 4.91. The Hall–Kier alpha value is -2.45. The van der Waals surface area contributed by atoms with Gasteiger partial charge in [-0.25, -0.2) is 14.5 Å². The second-order valence-corrected chi connectivity index (χ2v) is 4.62. The molecule has 0 aromatic heterocycles. The van der Waals surface area contributed by atoms with Gasteiger partial charge in [0.1, 0.15) is 12.6 Å². The van der Waals surface area contributed by atoms with Gasteiger partial charge in [0.2, 0.25) is 5.91 Å². The number of carboxylic acids is 1. The van der Waals surface area contributed by atoms with Gasteiger partial charge in [-0.3, -0.25) is 19.3 Å². The Morgan fingerprint density at radius 3 is 2.40 bits per heavy atom. The normalized spacial score (nSPS) is 22.9. The number of amides is 5. The summed E-state index contributed by atoms with van der Waals surface area (Å²) in [6, 6.07) is -1.82.